The van der Waals surface area contributed by atoms with E-state index < -0.39 is 0 Å². The van der Waals surface area contributed by atoms with Gasteiger partial charge in [0.25, 0.3) is 0 Å². The first kappa shape index (κ1) is 12.2. The van der Waals surface area contributed by atoms with Gasteiger partial charge >= 0.3 is 0 Å². The van der Waals surface area contributed by atoms with E-state index in [1.165, 1.54) is 19.3 Å². The lowest BCUT2D eigenvalue weighted by molar-refractivity contribution is 0.535. The van der Waals surface area contributed by atoms with E-state index in [4.69, 9.17) is 0 Å². The SMILES string of the molecule is CNCn1cc(CCCCC(C)C)nn1. The number of aromatic nitrogens is 3. The molecule has 0 aliphatic rings. The molecule has 0 saturated heterocycles. The Morgan fingerprint density at radius 3 is 2.87 bits per heavy atom. The topological polar surface area (TPSA) is 42.7 Å². The summed E-state index contributed by atoms with van der Waals surface area (Å²) in [5, 5.41) is 11.2. The van der Waals surface area contributed by atoms with Crippen LogP contribution in [0.25, 0.3) is 0 Å². The molecule has 0 aliphatic carbocycles. The van der Waals surface area contributed by atoms with Crippen LogP contribution in [0.1, 0.15) is 38.8 Å². The number of hydrogen-bond acceptors (Lipinski definition) is 3. The number of aryl methyl sites for hydroxylation is 1. The molecule has 4 heteroatoms. The van der Waals surface area contributed by atoms with Crippen LogP contribution in [0.4, 0.5) is 0 Å². The van der Waals surface area contributed by atoms with Crippen molar-refractivity contribution >= 4 is 0 Å². The Balaban J connectivity index is 2.19. The molecular weight excluding hydrogens is 188 g/mol. The first-order chi connectivity index (χ1) is 7.22. The molecule has 0 aliphatic heterocycles. The summed E-state index contributed by atoms with van der Waals surface area (Å²) in [4.78, 5) is 0. The standard InChI is InChI=1S/C11H22N4/c1-10(2)6-4-5-7-11-8-15(9-12-3)14-13-11/h8,10,12H,4-7,9H2,1-3H3. The predicted octanol–water partition coefficient (Wildman–Crippen LogP) is 1.82. The lowest BCUT2D eigenvalue weighted by Crippen LogP contribution is -2.13. The van der Waals surface area contributed by atoms with E-state index in [1.54, 1.807) is 0 Å². The minimum absolute atomic E-state index is 0.735. The summed E-state index contributed by atoms with van der Waals surface area (Å²) in [5.74, 6) is 0.810. The zero-order valence-electron chi connectivity index (χ0n) is 10.0. The van der Waals surface area contributed by atoms with E-state index in [0.717, 1.165) is 24.7 Å². The molecule has 1 heterocycles. The van der Waals surface area contributed by atoms with E-state index in [-0.39, 0.29) is 0 Å². The van der Waals surface area contributed by atoms with Gasteiger partial charge in [0.2, 0.25) is 0 Å². The summed E-state index contributed by atoms with van der Waals surface area (Å²) < 4.78 is 1.83. The van der Waals surface area contributed by atoms with Crippen LogP contribution in [-0.4, -0.2) is 22.0 Å². The van der Waals surface area contributed by atoms with Gasteiger partial charge in [0.15, 0.2) is 0 Å². The Kier molecular flexibility index (Phi) is 5.32. The van der Waals surface area contributed by atoms with Crippen LogP contribution in [0.3, 0.4) is 0 Å². The summed E-state index contributed by atoms with van der Waals surface area (Å²) in [7, 11) is 1.91. The van der Waals surface area contributed by atoms with Crippen molar-refractivity contribution in [2.24, 2.45) is 5.92 Å². The molecule has 0 spiro atoms. The van der Waals surface area contributed by atoms with E-state index >= 15 is 0 Å². The summed E-state index contributed by atoms with van der Waals surface area (Å²) >= 11 is 0. The third-order valence-electron chi connectivity index (χ3n) is 2.37. The third kappa shape index (κ3) is 4.93. The van der Waals surface area contributed by atoms with Crippen molar-refractivity contribution in [3.63, 3.8) is 0 Å². The average Bonchev–Trinajstić information content (AvgIpc) is 2.61. The highest BCUT2D eigenvalue weighted by atomic mass is 15.4. The summed E-state index contributed by atoms with van der Waals surface area (Å²) in [5.41, 5.74) is 1.11. The lowest BCUT2D eigenvalue weighted by atomic mass is 10.0. The Labute approximate surface area is 92.1 Å². The maximum atomic E-state index is 4.12. The maximum absolute atomic E-state index is 4.12. The second kappa shape index (κ2) is 6.56. The molecule has 4 nitrogen and oxygen atoms in total. The minimum atomic E-state index is 0.735. The smallest absolute Gasteiger partial charge is 0.0919 e. The van der Waals surface area contributed by atoms with E-state index in [9.17, 15) is 0 Å². The molecule has 0 radical (unpaired) electrons. The van der Waals surface area contributed by atoms with Gasteiger partial charge in [0.05, 0.1) is 12.4 Å². The fourth-order valence-electron chi connectivity index (χ4n) is 1.55. The van der Waals surface area contributed by atoms with Gasteiger partial charge in [0.1, 0.15) is 0 Å². The highest BCUT2D eigenvalue weighted by molar-refractivity contribution is 4.91. The highest BCUT2D eigenvalue weighted by Gasteiger charge is 2.00. The summed E-state index contributed by atoms with van der Waals surface area (Å²) in [6, 6.07) is 0. The number of unbranched alkanes of at least 4 members (excludes halogenated alkanes) is 1. The number of hydrogen-bond donors (Lipinski definition) is 1. The molecule has 0 saturated carbocycles. The molecule has 0 bridgehead atoms. The van der Waals surface area contributed by atoms with Gasteiger partial charge in [-0.25, -0.2) is 4.68 Å². The normalized spacial score (nSPS) is 11.2. The molecular formula is C11H22N4. The highest BCUT2D eigenvalue weighted by Crippen LogP contribution is 2.08. The molecule has 0 amide bonds. The third-order valence-corrected chi connectivity index (χ3v) is 2.37. The Bertz CT molecular complexity index is 267. The predicted molar refractivity (Wildman–Crippen MR) is 61.5 cm³/mol. The maximum Gasteiger partial charge on any atom is 0.0919 e. The van der Waals surface area contributed by atoms with Crippen molar-refractivity contribution in [3.05, 3.63) is 11.9 Å². The van der Waals surface area contributed by atoms with Gasteiger partial charge in [-0.05, 0) is 25.8 Å². The molecule has 0 fully saturated rings. The van der Waals surface area contributed by atoms with Gasteiger partial charge in [-0.3, -0.25) is 0 Å². The van der Waals surface area contributed by atoms with Crippen LogP contribution in [0.5, 0.6) is 0 Å². The first-order valence-corrected chi connectivity index (χ1v) is 5.76. The Morgan fingerprint density at radius 1 is 1.40 bits per heavy atom. The molecule has 1 N–H and O–H groups in total. The molecule has 1 aromatic rings. The Morgan fingerprint density at radius 2 is 2.20 bits per heavy atom. The van der Waals surface area contributed by atoms with Crippen molar-refractivity contribution < 1.29 is 0 Å². The molecule has 15 heavy (non-hydrogen) atoms. The van der Waals surface area contributed by atoms with Crippen molar-refractivity contribution in [3.8, 4) is 0 Å². The van der Waals surface area contributed by atoms with Gasteiger partial charge in [-0.1, -0.05) is 31.9 Å². The van der Waals surface area contributed by atoms with Crippen LogP contribution in [0.2, 0.25) is 0 Å². The van der Waals surface area contributed by atoms with Crippen LogP contribution in [-0.2, 0) is 13.1 Å². The molecule has 0 aromatic carbocycles. The van der Waals surface area contributed by atoms with Gasteiger partial charge in [-0.15, -0.1) is 5.10 Å². The van der Waals surface area contributed by atoms with Crippen LogP contribution < -0.4 is 5.32 Å². The van der Waals surface area contributed by atoms with Crippen molar-refractivity contribution in [2.45, 2.75) is 46.2 Å². The number of nitrogens with zero attached hydrogens (tertiary/aromatic N) is 3. The first-order valence-electron chi connectivity index (χ1n) is 5.76. The summed E-state index contributed by atoms with van der Waals surface area (Å²) in [6.45, 7) is 5.27. The molecule has 86 valence electrons. The zero-order valence-corrected chi connectivity index (χ0v) is 10.0. The monoisotopic (exact) mass is 210 g/mol. The second-order valence-corrected chi connectivity index (χ2v) is 4.40. The second-order valence-electron chi connectivity index (χ2n) is 4.40. The van der Waals surface area contributed by atoms with E-state index in [1.807, 2.05) is 17.9 Å². The average molecular weight is 210 g/mol. The van der Waals surface area contributed by atoms with Gasteiger partial charge in [-0.2, -0.15) is 0 Å². The van der Waals surface area contributed by atoms with Crippen LogP contribution in [0, 0.1) is 5.92 Å². The number of nitrogens with one attached hydrogen (secondary N) is 1. The Hall–Kier alpha value is -0.900. The van der Waals surface area contributed by atoms with Gasteiger partial charge < -0.3 is 5.32 Å². The van der Waals surface area contributed by atoms with Gasteiger partial charge in [0, 0.05) is 6.20 Å². The fourth-order valence-corrected chi connectivity index (χ4v) is 1.55. The fraction of sp³-hybridized carbons (Fsp3) is 0.818. The van der Waals surface area contributed by atoms with E-state index in [0.29, 0.717) is 0 Å². The van der Waals surface area contributed by atoms with Crippen molar-refractivity contribution in [2.75, 3.05) is 7.05 Å². The minimum Gasteiger partial charge on any atom is -0.301 e. The zero-order chi connectivity index (χ0) is 11.1. The number of rotatable bonds is 7. The van der Waals surface area contributed by atoms with Crippen molar-refractivity contribution in [1.29, 1.82) is 0 Å². The quantitative estimate of drug-likeness (QED) is 0.698. The molecule has 0 atom stereocenters. The summed E-state index contributed by atoms with van der Waals surface area (Å²) in [6.07, 6.45) is 6.89. The van der Waals surface area contributed by atoms with E-state index in [2.05, 4.69) is 29.5 Å². The molecule has 1 aromatic heterocycles. The van der Waals surface area contributed by atoms with Crippen LogP contribution in [0.15, 0.2) is 6.20 Å². The van der Waals surface area contributed by atoms with Crippen molar-refractivity contribution in [1.82, 2.24) is 20.3 Å². The molecule has 0 unspecified atom stereocenters. The lowest BCUT2D eigenvalue weighted by Gasteiger charge is -2.02. The van der Waals surface area contributed by atoms with Crippen LogP contribution >= 0.6 is 0 Å². The largest absolute Gasteiger partial charge is 0.301 e. The molecule has 1 rings (SSSR count).